The van der Waals surface area contributed by atoms with Crippen LogP contribution in [-0.4, -0.2) is 46.8 Å². The maximum Gasteiger partial charge on any atom is 0.302 e. The molecule has 3 rings (SSSR count). The number of benzene rings is 1. The number of esters is 1. The van der Waals surface area contributed by atoms with Crippen LogP contribution in [0.4, 0.5) is 0 Å². The molecule has 2 aromatic rings. The minimum absolute atomic E-state index is 0.176. The summed E-state index contributed by atoms with van der Waals surface area (Å²) in [6, 6.07) is 5.55. The van der Waals surface area contributed by atoms with Gasteiger partial charge in [-0.2, -0.15) is 0 Å². The van der Waals surface area contributed by atoms with Crippen molar-refractivity contribution in [3.63, 3.8) is 0 Å². The first-order chi connectivity index (χ1) is 11.1. The van der Waals surface area contributed by atoms with Crippen LogP contribution in [0.25, 0.3) is 11.4 Å². The SMILES string of the molecule is COc1ccc(-c2nc3n(n2)C[C@H](OC(C)=O)CS3)cc1OC. The molecular formula is C15H17N3O4S. The number of hydrogen-bond acceptors (Lipinski definition) is 7. The number of methoxy groups -OCH3 is 2. The summed E-state index contributed by atoms with van der Waals surface area (Å²) in [5.74, 6) is 2.30. The van der Waals surface area contributed by atoms with Gasteiger partial charge in [0.25, 0.3) is 0 Å². The fourth-order valence-corrected chi connectivity index (χ4v) is 3.29. The van der Waals surface area contributed by atoms with E-state index in [1.165, 1.54) is 18.7 Å². The van der Waals surface area contributed by atoms with Crippen LogP contribution >= 0.6 is 11.8 Å². The predicted octanol–water partition coefficient (Wildman–Crippen LogP) is 2.00. The third kappa shape index (κ3) is 3.26. The molecule has 0 unspecified atom stereocenters. The van der Waals surface area contributed by atoms with Gasteiger partial charge in [-0.25, -0.2) is 9.67 Å². The molecule has 0 radical (unpaired) electrons. The highest BCUT2D eigenvalue weighted by molar-refractivity contribution is 7.99. The lowest BCUT2D eigenvalue weighted by molar-refractivity contribution is -0.146. The van der Waals surface area contributed by atoms with E-state index < -0.39 is 0 Å². The van der Waals surface area contributed by atoms with Gasteiger partial charge in [0.1, 0.15) is 6.10 Å². The molecule has 23 heavy (non-hydrogen) atoms. The topological polar surface area (TPSA) is 75.5 Å². The molecule has 0 amide bonds. The van der Waals surface area contributed by atoms with Crippen LogP contribution in [0.2, 0.25) is 0 Å². The zero-order chi connectivity index (χ0) is 16.4. The summed E-state index contributed by atoms with van der Waals surface area (Å²) in [4.78, 5) is 15.6. The first kappa shape index (κ1) is 15.7. The zero-order valence-corrected chi connectivity index (χ0v) is 13.9. The first-order valence-corrected chi connectivity index (χ1v) is 8.06. The van der Waals surface area contributed by atoms with E-state index >= 15 is 0 Å². The molecule has 1 aliphatic rings. The van der Waals surface area contributed by atoms with E-state index in [0.29, 0.717) is 29.6 Å². The standard InChI is InChI=1S/C15H17N3O4S/c1-9(19)22-11-7-18-15(23-8-11)16-14(17-18)10-4-5-12(20-2)13(6-10)21-3/h4-6,11H,7-8H2,1-3H3/t11-/m0/s1. The van der Waals surface area contributed by atoms with Gasteiger partial charge < -0.3 is 14.2 Å². The minimum Gasteiger partial charge on any atom is -0.493 e. The van der Waals surface area contributed by atoms with Crippen LogP contribution in [-0.2, 0) is 16.1 Å². The molecule has 122 valence electrons. The normalized spacial score (nSPS) is 16.6. The number of ether oxygens (including phenoxy) is 3. The van der Waals surface area contributed by atoms with Gasteiger partial charge in [0.2, 0.25) is 0 Å². The van der Waals surface area contributed by atoms with Crippen LogP contribution < -0.4 is 9.47 Å². The van der Waals surface area contributed by atoms with Crippen molar-refractivity contribution in [1.29, 1.82) is 0 Å². The number of carbonyl (C=O) groups excluding carboxylic acids is 1. The Morgan fingerprint density at radius 1 is 1.30 bits per heavy atom. The van der Waals surface area contributed by atoms with Crippen LogP contribution in [0.1, 0.15) is 6.92 Å². The molecule has 7 nitrogen and oxygen atoms in total. The molecule has 2 heterocycles. The quantitative estimate of drug-likeness (QED) is 0.791. The second kappa shape index (κ2) is 6.49. The van der Waals surface area contributed by atoms with Gasteiger partial charge >= 0.3 is 5.97 Å². The molecule has 0 aliphatic carbocycles. The maximum absolute atomic E-state index is 11.1. The molecule has 8 heteroatoms. The van der Waals surface area contributed by atoms with E-state index in [1.807, 2.05) is 18.2 Å². The minimum atomic E-state index is -0.278. The van der Waals surface area contributed by atoms with Gasteiger partial charge in [-0.3, -0.25) is 4.79 Å². The molecule has 0 fully saturated rings. The Bertz CT molecular complexity index is 732. The Hall–Kier alpha value is -2.22. The number of carbonyl (C=O) groups is 1. The van der Waals surface area contributed by atoms with Crippen molar-refractivity contribution in [3.8, 4) is 22.9 Å². The van der Waals surface area contributed by atoms with Gasteiger partial charge in [0, 0.05) is 18.2 Å². The van der Waals surface area contributed by atoms with E-state index in [0.717, 1.165) is 10.7 Å². The fraction of sp³-hybridized carbons (Fsp3) is 0.400. The van der Waals surface area contributed by atoms with Crippen LogP contribution in [0, 0.1) is 0 Å². The molecule has 0 saturated carbocycles. The van der Waals surface area contributed by atoms with Crippen molar-refractivity contribution in [2.75, 3.05) is 20.0 Å². The molecule has 0 N–H and O–H groups in total. The number of hydrogen-bond donors (Lipinski definition) is 0. The summed E-state index contributed by atoms with van der Waals surface area (Å²) in [7, 11) is 3.18. The van der Waals surface area contributed by atoms with Crippen molar-refractivity contribution in [2.45, 2.75) is 24.7 Å². The third-order valence-corrected chi connectivity index (χ3v) is 4.49. The highest BCUT2D eigenvalue weighted by atomic mass is 32.2. The summed E-state index contributed by atoms with van der Waals surface area (Å²) in [5.41, 5.74) is 0.842. The van der Waals surface area contributed by atoms with Crippen LogP contribution in [0.15, 0.2) is 23.4 Å². The Kier molecular flexibility index (Phi) is 4.42. The van der Waals surface area contributed by atoms with Crippen molar-refractivity contribution in [2.24, 2.45) is 0 Å². The van der Waals surface area contributed by atoms with Crippen LogP contribution in [0.3, 0.4) is 0 Å². The highest BCUT2D eigenvalue weighted by Gasteiger charge is 2.24. The zero-order valence-electron chi connectivity index (χ0n) is 13.1. The lowest BCUT2D eigenvalue weighted by Gasteiger charge is -2.21. The predicted molar refractivity (Wildman–Crippen MR) is 84.8 cm³/mol. The van der Waals surface area contributed by atoms with Crippen molar-refractivity contribution < 1.29 is 19.0 Å². The van der Waals surface area contributed by atoms with Gasteiger partial charge in [-0.05, 0) is 18.2 Å². The summed E-state index contributed by atoms with van der Waals surface area (Å²) in [6.07, 6.45) is -0.176. The summed E-state index contributed by atoms with van der Waals surface area (Å²) in [5, 5.41) is 5.32. The van der Waals surface area contributed by atoms with E-state index in [1.54, 1.807) is 18.9 Å². The molecule has 1 aromatic heterocycles. The molecule has 1 aromatic carbocycles. The summed E-state index contributed by atoms with van der Waals surface area (Å²) < 4.78 is 17.6. The van der Waals surface area contributed by atoms with Gasteiger partial charge in [-0.1, -0.05) is 11.8 Å². The van der Waals surface area contributed by atoms with E-state index in [-0.39, 0.29) is 12.1 Å². The van der Waals surface area contributed by atoms with Gasteiger partial charge in [0.05, 0.1) is 20.8 Å². The molecule has 1 aliphatic heterocycles. The Labute approximate surface area is 137 Å². The number of nitrogens with zero attached hydrogens (tertiary/aromatic N) is 3. The molecule has 0 bridgehead atoms. The second-order valence-corrected chi connectivity index (χ2v) is 6.00. The van der Waals surface area contributed by atoms with Gasteiger partial charge in [-0.15, -0.1) is 5.10 Å². The van der Waals surface area contributed by atoms with Crippen molar-refractivity contribution in [3.05, 3.63) is 18.2 Å². The smallest absolute Gasteiger partial charge is 0.302 e. The van der Waals surface area contributed by atoms with Crippen molar-refractivity contribution in [1.82, 2.24) is 14.8 Å². The number of rotatable bonds is 4. The fourth-order valence-electron chi connectivity index (χ4n) is 2.37. The Morgan fingerprint density at radius 2 is 2.09 bits per heavy atom. The van der Waals surface area contributed by atoms with Gasteiger partial charge in [0.15, 0.2) is 22.5 Å². The molecule has 0 saturated heterocycles. The summed E-state index contributed by atoms with van der Waals surface area (Å²) >= 11 is 1.53. The Morgan fingerprint density at radius 3 is 2.78 bits per heavy atom. The number of fused-ring (bicyclic) bond motifs is 1. The summed E-state index contributed by atoms with van der Waals surface area (Å²) in [6.45, 7) is 1.93. The first-order valence-electron chi connectivity index (χ1n) is 7.08. The largest absolute Gasteiger partial charge is 0.493 e. The lowest BCUT2D eigenvalue weighted by atomic mass is 10.2. The monoisotopic (exact) mass is 335 g/mol. The molecule has 1 atom stereocenters. The van der Waals surface area contributed by atoms with Crippen LogP contribution in [0.5, 0.6) is 11.5 Å². The number of thioether (sulfide) groups is 1. The van der Waals surface area contributed by atoms with E-state index in [4.69, 9.17) is 14.2 Å². The lowest BCUT2D eigenvalue weighted by Crippen LogP contribution is -2.29. The highest BCUT2D eigenvalue weighted by Crippen LogP contribution is 2.33. The molecular weight excluding hydrogens is 318 g/mol. The molecule has 0 spiro atoms. The average Bonchev–Trinajstić information content (AvgIpc) is 2.96. The Balaban J connectivity index is 1.86. The second-order valence-electron chi connectivity index (χ2n) is 5.01. The maximum atomic E-state index is 11.1. The third-order valence-electron chi connectivity index (χ3n) is 3.39. The van der Waals surface area contributed by atoms with E-state index in [2.05, 4.69) is 10.1 Å². The van der Waals surface area contributed by atoms with E-state index in [9.17, 15) is 4.79 Å². The van der Waals surface area contributed by atoms with Crippen molar-refractivity contribution >= 4 is 17.7 Å². The number of aromatic nitrogens is 3. The average molecular weight is 335 g/mol.